The van der Waals surface area contributed by atoms with E-state index in [0.717, 1.165) is 44.1 Å². The summed E-state index contributed by atoms with van der Waals surface area (Å²) in [5.74, 6) is -0.150. The van der Waals surface area contributed by atoms with Gasteiger partial charge in [0.1, 0.15) is 0 Å². The fraction of sp³-hybridized carbons (Fsp3) is 0.364. The van der Waals surface area contributed by atoms with Crippen LogP contribution < -0.4 is 10.2 Å². The molecule has 27 heavy (non-hydrogen) atoms. The number of hydrogen-bond donors (Lipinski definition) is 1. The molecular formula is C22H26N2O3. The predicted molar refractivity (Wildman–Crippen MR) is 107 cm³/mol. The SMILES string of the molecule is CCc1ccc(C(=O)CCC(=O)Nc2cccc(N3CCOCC3)c2)cc1. The number of nitrogens with zero attached hydrogens (tertiary/aromatic N) is 1. The van der Waals surface area contributed by atoms with Crippen molar-refractivity contribution in [1.29, 1.82) is 0 Å². The highest BCUT2D eigenvalue weighted by atomic mass is 16.5. The van der Waals surface area contributed by atoms with Crippen LogP contribution in [0.1, 0.15) is 35.7 Å². The summed E-state index contributed by atoms with van der Waals surface area (Å²) in [6.07, 6.45) is 1.33. The van der Waals surface area contributed by atoms with E-state index in [2.05, 4.69) is 17.1 Å². The lowest BCUT2D eigenvalue weighted by Crippen LogP contribution is -2.36. The Morgan fingerprint density at radius 2 is 1.78 bits per heavy atom. The third kappa shape index (κ3) is 5.41. The Morgan fingerprint density at radius 1 is 1.04 bits per heavy atom. The maximum absolute atomic E-state index is 12.3. The average Bonchev–Trinajstić information content (AvgIpc) is 2.73. The zero-order chi connectivity index (χ0) is 19.1. The van der Waals surface area contributed by atoms with Crippen molar-refractivity contribution in [1.82, 2.24) is 0 Å². The largest absolute Gasteiger partial charge is 0.378 e. The topological polar surface area (TPSA) is 58.6 Å². The Morgan fingerprint density at radius 3 is 2.48 bits per heavy atom. The molecular weight excluding hydrogens is 340 g/mol. The third-order valence-corrected chi connectivity index (χ3v) is 4.77. The second-order valence-electron chi connectivity index (χ2n) is 6.67. The normalized spacial score (nSPS) is 14.0. The van der Waals surface area contributed by atoms with Crippen molar-refractivity contribution in [3.63, 3.8) is 0 Å². The van der Waals surface area contributed by atoms with Crippen LogP contribution in [0.25, 0.3) is 0 Å². The minimum absolute atomic E-state index is 0.00475. The maximum Gasteiger partial charge on any atom is 0.224 e. The van der Waals surface area contributed by atoms with E-state index in [0.29, 0.717) is 5.56 Å². The number of carbonyl (C=O) groups is 2. The molecule has 0 bridgehead atoms. The van der Waals surface area contributed by atoms with Crippen molar-refractivity contribution in [2.24, 2.45) is 0 Å². The van der Waals surface area contributed by atoms with E-state index >= 15 is 0 Å². The number of morpholine rings is 1. The van der Waals surface area contributed by atoms with Gasteiger partial charge in [-0.3, -0.25) is 9.59 Å². The van der Waals surface area contributed by atoms with Crippen molar-refractivity contribution in [3.05, 3.63) is 59.7 Å². The molecule has 0 spiro atoms. The molecule has 0 saturated carbocycles. The van der Waals surface area contributed by atoms with Gasteiger partial charge < -0.3 is 15.0 Å². The number of hydrogen-bond acceptors (Lipinski definition) is 4. The van der Waals surface area contributed by atoms with Crippen molar-refractivity contribution in [2.45, 2.75) is 26.2 Å². The number of benzene rings is 2. The van der Waals surface area contributed by atoms with Crippen LogP contribution in [0, 0.1) is 0 Å². The molecule has 2 aromatic carbocycles. The Kier molecular flexibility index (Phi) is 6.60. The highest BCUT2D eigenvalue weighted by Gasteiger charge is 2.13. The van der Waals surface area contributed by atoms with Crippen LogP contribution in [0.15, 0.2) is 48.5 Å². The Bertz CT molecular complexity index is 780. The van der Waals surface area contributed by atoms with Gasteiger partial charge >= 0.3 is 0 Å². The quantitative estimate of drug-likeness (QED) is 0.760. The first kappa shape index (κ1) is 19.1. The van der Waals surface area contributed by atoms with E-state index in [9.17, 15) is 9.59 Å². The molecule has 0 aromatic heterocycles. The smallest absolute Gasteiger partial charge is 0.224 e. The molecule has 1 amide bonds. The molecule has 1 heterocycles. The molecule has 0 aliphatic carbocycles. The number of carbonyl (C=O) groups excluding carboxylic acids is 2. The van der Waals surface area contributed by atoms with Crippen molar-refractivity contribution in [3.8, 4) is 0 Å². The summed E-state index contributed by atoms with van der Waals surface area (Å²) in [7, 11) is 0. The monoisotopic (exact) mass is 366 g/mol. The van der Waals surface area contributed by atoms with Gasteiger partial charge in [0.15, 0.2) is 5.78 Å². The van der Waals surface area contributed by atoms with E-state index in [-0.39, 0.29) is 24.5 Å². The van der Waals surface area contributed by atoms with Crippen molar-refractivity contribution < 1.29 is 14.3 Å². The third-order valence-electron chi connectivity index (χ3n) is 4.77. The number of aryl methyl sites for hydroxylation is 1. The van der Waals surface area contributed by atoms with Gasteiger partial charge in [-0.15, -0.1) is 0 Å². The van der Waals surface area contributed by atoms with Gasteiger partial charge in [-0.2, -0.15) is 0 Å². The maximum atomic E-state index is 12.3. The zero-order valence-electron chi connectivity index (χ0n) is 15.7. The lowest BCUT2D eigenvalue weighted by Gasteiger charge is -2.29. The van der Waals surface area contributed by atoms with Crippen molar-refractivity contribution in [2.75, 3.05) is 36.5 Å². The summed E-state index contributed by atoms with van der Waals surface area (Å²) in [5, 5.41) is 2.90. The van der Waals surface area contributed by atoms with E-state index < -0.39 is 0 Å². The molecule has 3 rings (SSSR count). The van der Waals surface area contributed by atoms with Gasteiger partial charge in [-0.1, -0.05) is 37.3 Å². The zero-order valence-corrected chi connectivity index (χ0v) is 15.7. The Balaban J connectivity index is 1.52. The van der Waals surface area contributed by atoms with E-state index in [1.54, 1.807) is 0 Å². The van der Waals surface area contributed by atoms with Crippen molar-refractivity contribution >= 4 is 23.1 Å². The van der Waals surface area contributed by atoms with Crippen LogP contribution in [0.5, 0.6) is 0 Å². The first-order valence-corrected chi connectivity index (χ1v) is 9.50. The molecule has 1 N–H and O–H groups in total. The summed E-state index contributed by atoms with van der Waals surface area (Å²) in [5.41, 5.74) is 3.69. The molecule has 0 radical (unpaired) electrons. The van der Waals surface area contributed by atoms with Crippen LogP contribution in [0.4, 0.5) is 11.4 Å². The van der Waals surface area contributed by atoms with E-state index in [1.807, 2.05) is 48.5 Å². The van der Waals surface area contributed by atoms with Gasteiger partial charge in [0.25, 0.3) is 0 Å². The molecule has 2 aromatic rings. The Hall–Kier alpha value is -2.66. The predicted octanol–water partition coefficient (Wildman–Crippen LogP) is 3.69. The molecule has 5 nitrogen and oxygen atoms in total. The Labute approximate surface area is 160 Å². The molecule has 5 heteroatoms. The summed E-state index contributed by atoms with van der Waals surface area (Å²) >= 11 is 0. The lowest BCUT2D eigenvalue weighted by atomic mass is 10.0. The number of rotatable bonds is 7. The van der Waals surface area contributed by atoms with Gasteiger partial charge in [-0.05, 0) is 30.2 Å². The molecule has 0 atom stereocenters. The fourth-order valence-corrected chi connectivity index (χ4v) is 3.12. The minimum atomic E-state index is -0.146. The second kappa shape index (κ2) is 9.33. The van der Waals surface area contributed by atoms with E-state index in [1.165, 1.54) is 5.56 Å². The second-order valence-corrected chi connectivity index (χ2v) is 6.67. The fourth-order valence-electron chi connectivity index (χ4n) is 3.12. The highest BCUT2D eigenvalue weighted by molar-refractivity contribution is 6.00. The summed E-state index contributed by atoms with van der Waals surface area (Å²) in [6.45, 7) is 5.22. The first-order chi connectivity index (χ1) is 13.2. The molecule has 0 unspecified atom stereocenters. The molecule has 142 valence electrons. The number of ketones is 1. The van der Waals surface area contributed by atoms with Crippen LogP contribution in [0.3, 0.4) is 0 Å². The molecule has 1 saturated heterocycles. The van der Waals surface area contributed by atoms with Crippen LogP contribution in [0.2, 0.25) is 0 Å². The number of amides is 1. The van der Waals surface area contributed by atoms with E-state index in [4.69, 9.17) is 4.74 Å². The molecule has 1 aliphatic rings. The molecule has 1 aliphatic heterocycles. The summed E-state index contributed by atoms with van der Waals surface area (Å²) in [4.78, 5) is 26.7. The van der Waals surface area contributed by atoms with Crippen LogP contribution in [-0.2, 0) is 16.0 Å². The standard InChI is InChI=1S/C22H26N2O3/c1-2-17-6-8-18(9-7-17)21(25)10-11-22(26)23-19-4-3-5-20(16-19)24-12-14-27-15-13-24/h3-9,16H,2,10-15H2,1H3,(H,23,26). The average molecular weight is 366 g/mol. The first-order valence-electron chi connectivity index (χ1n) is 9.50. The van der Waals surface area contributed by atoms with Gasteiger partial charge in [0, 0.05) is 42.9 Å². The van der Waals surface area contributed by atoms with Crippen LogP contribution >= 0.6 is 0 Å². The van der Waals surface area contributed by atoms with Crippen LogP contribution in [-0.4, -0.2) is 38.0 Å². The number of Topliss-reactive ketones (excluding diaryl/α,β-unsaturated/α-hetero) is 1. The van der Waals surface area contributed by atoms with Gasteiger partial charge in [0.05, 0.1) is 13.2 Å². The summed E-state index contributed by atoms with van der Waals surface area (Å²) < 4.78 is 5.38. The summed E-state index contributed by atoms with van der Waals surface area (Å²) in [6, 6.07) is 15.4. The highest BCUT2D eigenvalue weighted by Crippen LogP contribution is 2.21. The number of anilines is 2. The minimum Gasteiger partial charge on any atom is -0.378 e. The van der Waals surface area contributed by atoms with Gasteiger partial charge in [-0.25, -0.2) is 0 Å². The molecule has 1 fully saturated rings. The number of ether oxygens (including phenoxy) is 1. The number of nitrogens with one attached hydrogen (secondary N) is 1. The lowest BCUT2D eigenvalue weighted by molar-refractivity contribution is -0.116. The van der Waals surface area contributed by atoms with Gasteiger partial charge in [0.2, 0.25) is 5.91 Å².